The van der Waals surface area contributed by atoms with Crippen molar-refractivity contribution in [3.05, 3.63) is 23.9 Å². The minimum absolute atomic E-state index is 0.136. The van der Waals surface area contributed by atoms with E-state index in [0.29, 0.717) is 37.6 Å². The highest BCUT2D eigenvalue weighted by atomic mass is 16.7. The molecule has 0 atom stereocenters. The second-order valence-electron chi connectivity index (χ2n) is 5.11. The van der Waals surface area contributed by atoms with E-state index in [1.807, 2.05) is 25.9 Å². The monoisotopic (exact) mass is 279 g/mol. The molecular weight excluding hydrogens is 258 g/mol. The van der Waals surface area contributed by atoms with Gasteiger partial charge in [-0.3, -0.25) is 4.79 Å². The van der Waals surface area contributed by atoms with Crippen LogP contribution in [0.15, 0.2) is 18.3 Å². The number of hydrogen-bond donors (Lipinski definition) is 1. The molecule has 1 amide bonds. The topological polar surface area (TPSA) is 63.7 Å². The number of amides is 1. The first-order valence-corrected chi connectivity index (χ1v) is 6.70. The molecule has 110 valence electrons. The van der Waals surface area contributed by atoms with E-state index in [9.17, 15) is 4.79 Å². The predicted molar refractivity (Wildman–Crippen MR) is 75.8 cm³/mol. The first-order chi connectivity index (χ1) is 9.52. The summed E-state index contributed by atoms with van der Waals surface area (Å²) < 4.78 is 11.0. The van der Waals surface area contributed by atoms with Crippen molar-refractivity contribution in [3.8, 4) is 0 Å². The number of carbonyl (C=O) groups is 1. The normalized spacial score (nSPS) is 16.9. The van der Waals surface area contributed by atoms with Gasteiger partial charge in [0.15, 0.2) is 5.79 Å². The summed E-state index contributed by atoms with van der Waals surface area (Å²) in [6.07, 6.45) is 2.30. The molecule has 0 radical (unpaired) electrons. The summed E-state index contributed by atoms with van der Waals surface area (Å²) >= 11 is 0. The number of pyridine rings is 1. The maximum absolute atomic E-state index is 12.2. The van der Waals surface area contributed by atoms with E-state index < -0.39 is 5.79 Å². The van der Waals surface area contributed by atoms with Crippen molar-refractivity contribution in [1.29, 1.82) is 0 Å². The Bertz CT molecular complexity index is 470. The Hall–Kier alpha value is -1.66. The average molecular weight is 279 g/mol. The molecule has 1 aliphatic heterocycles. The smallest absolute Gasteiger partial charge is 0.255 e. The van der Waals surface area contributed by atoms with Crippen molar-refractivity contribution in [3.63, 3.8) is 0 Å². The second-order valence-corrected chi connectivity index (χ2v) is 5.11. The van der Waals surface area contributed by atoms with Crippen LogP contribution in [0.5, 0.6) is 0 Å². The highest BCUT2D eigenvalue weighted by molar-refractivity contribution is 5.98. The van der Waals surface area contributed by atoms with E-state index in [1.54, 1.807) is 18.3 Å². The van der Waals surface area contributed by atoms with Crippen LogP contribution in [0.4, 0.5) is 5.82 Å². The first-order valence-electron chi connectivity index (χ1n) is 6.70. The molecule has 6 heteroatoms. The number of carbonyl (C=O) groups excluding carboxylic acids is 1. The Labute approximate surface area is 119 Å². The van der Waals surface area contributed by atoms with E-state index in [2.05, 4.69) is 10.3 Å². The van der Waals surface area contributed by atoms with E-state index in [1.165, 1.54) is 0 Å². The largest absolute Gasteiger partial charge is 0.362 e. The molecule has 0 unspecified atom stereocenters. The first kappa shape index (κ1) is 14.7. The minimum Gasteiger partial charge on any atom is -0.362 e. The lowest BCUT2D eigenvalue weighted by Crippen LogP contribution is -2.34. The Kier molecular flexibility index (Phi) is 4.57. The Morgan fingerprint density at radius 3 is 2.80 bits per heavy atom. The van der Waals surface area contributed by atoms with Crippen molar-refractivity contribution in [1.82, 2.24) is 10.3 Å². The number of hydrogen-bond acceptors (Lipinski definition) is 5. The van der Waals surface area contributed by atoms with Gasteiger partial charge in [-0.25, -0.2) is 4.98 Å². The van der Waals surface area contributed by atoms with E-state index in [4.69, 9.17) is 9.47 Å². The number of aromatic nitrogens is 1. The van der Waals surface area contributed by atoms with Gasteiger partial charge in [0, 0.05) is 33.3 Å². The van der Waals surface area contributed by atoms with Gasteiger partial charge in [0.25, 0.3) is 5.91 Å². The number of rotatable bonds is 5. The van der Waals surface area contributed by atoms with E-state index >= 15 is 0 Å². The quantitative estimate of drug-likeness (QED) is 0.872. The predicted octanol–water partition coefficient (Wildman–Crippen LogP) is 1.03. The molecule has 2 rings (SSSR count). The Morgan fingerprint density at radius 1 is 1.45 bits per heavy atom. The molecule has 0 bridgehead atoms. The van der Waals surface area contributed by atoms with Gasteiger partial charge in [-0.15, -0.1) is 0 Å². The van der Waals surface area contributed by atoms with Crippen LogP contribution >= 0.6 is 0 Å². The fourth-order valence-electron chi connectivity index (χ4n) is 2.13. The average Bonchev–Trinajstić information content (AvgIpc) is 2.85. The third-order valence-electron chi connectivity index (χ3n) is 3.22. The van der Waals surface area contributed by atoms with Crippen LogP contribution < -0.4 is 10.2 Å². The summed E-state index contributed by atoms with van der Waals surface area (Å²) in [5.41, 5.74) is 0.566. The molecule has 1 N–H and O–H groups in total. The molecule has 20 heavy (non-hydrogen) atoms. The van der Waals surface area contributed by atoms with E-state index in [0.717, 1.165) is 0 Å². The molecule has 1 aromatic heterocycles. The standard InChI is InChI=1S/C14H21N3O3/c1-14(19-9-10-20-14)6-8-16-13(18)11-5-4-7-15-12(11)17(2)3/h4-5,7H,6,8-10H2,1-3H3,(H,16,18). The van der Waals surface area contributed by atoms with Gasteiger partial charge in [0.1, 0.15) is 5.82 Å². The molecule has 0 saturated carbocycles. The van der Waals surface area contributed by atoms with Gasteiger partial charge in [0.2, 0.25) is 0 Å². The van der Waals surface area contributed by atoms with Gasteiger partial charge in [-0.2, -0.15) is 0 Å². The minimum atomic E-state index is -0.577. The van der Waals surface area contributed by atoms with Crippen molar-refractivity contribution >= 4 is 11.7 Å². The lowest BCUT2D eigenvalue weighted by Gasteiger charge is -2.22. The molecule has 2 heterocycles. The summed E-state index contributed by atoms with van der Waals surface area (Å²) in [7, 11) is 3.72. The summed E-state index contributed by atoms with van der Waals surface area (Å²) in [6.45, 7) is 3.61. The van der Waals surface area contributed by atoms with Crippen LogP contribution in [0.3, 0.4) is 0 Å². The van der Waals surface area contributed by atoms with Crippen LogP contribution in [-0.2, 0) is 9.47 Å². The van der Waals surface area contributed by atoms with Crippen molar-refractivity contribution < 1.29 is 14.3 Å². The molecular formula is C14H21N3O3. The molecule has 6 nitrogen and oxygen atoms in total. The van der Waals surface area contributed by atoms with Crippen LogP contribution in [0, 0.1) is 0 Å². The third-order valence-corrected chi connectivity index (χ3v) is 3.22. The van der Waals surface area contributed by atoms with E-state index in [-0.39, 0.29) is 5.91 Å². The molecule has 1 fully saturated rings. The van der Waals surface area contributed by atoms with Gasteiger partial charge in [0.05, 0.1) is 18.8 Å². The second kappa shape index (κ2) is 6.19. The summed E-state index contributed by atoms with van der Waals surface area (Å²) in [6, 6.07) is 3.52. The maximum Gasteiger partial charge on any atom is 0.255 e. The van der Waals surface area contributed by atoms with Crippen molar-refractivity contribution in [2.24, 2.45) is 0 Å². The molecule has 0 spiro atoms. The lowest BCUT2D eigenvalue weighted by molar-refractivity contribution is -0.145. The van der Waals surface area contributed by atoms with Crippen LogP contribution in [0.1, 0.15) is 23.7 Å². The molecule has 0 aromatic carbocycles. The zero-order valence-corrected chi connectivity index (χ0v) is 12.2. The molecule has 0 aliphatic carbocycles. The van der Waals surface area contributed by atoms with Crippen LogP contribution in [0.25, 0.3) is 0 Å². The number of nitrogens with zero attached hydrogens (tertiary/aromatic N) is 2. The van der Waals surface area contributed by atoms with Crippen molar-refractivity contribution in [2.75, 3.05) is 38.8 Å². The van der Waals surface area contributed by atoms with Crippen molar-refractivity contribution in [2.45, 2.75) is 19.1 Å². The lowest BCUT2D eigenvalue weighted by atomic mass is 10.2. The number of nitrogens with one attached hydrogen (secondary N) is 1. The number of anilines is 1. The highest BCUT2D eigenvalue weighted by Gasteiger charge is 2.30. The SMILES string of the molecule is CN(C)c1ncccc1C(=O)NCCC1(C)OCCO1. The van der Waals surface area contributed by atoms with Crippen LogP contribution in [0.2, 0.25) is 0 Å². The molecule has 1 aromatic rings. The van der Waals surface area contributed by atoms with Gasteiger partial charge in [-0.05, 0) is 19.1 Å². The van der Waals surface area contributed by atoms with Gasteiger partial charge < -0.3 is 19.7 Å². The summed E-state index contributed by atoms with van der Waals surface area (Å²) in [4.78, 5) is 18.2. The van der Waals surface area contributed by atoms with Gasteiger partial charge >= 0.3 is 0 Å². The summed E-state index contributed by atoms with van der Waals surface area (Å²) in [5, 5.41) is 2.88. The summed E-state index contributed by atoms with van der Waals surface area (Å²) in [5.74, 6) is -0.0555. The molecule has 1 saturated heterocycles. The highest BCUT2D eigenvalue weighted by Crippen LogP contribution is 2.22. The zero-order chi connectivity index (χ0) is 14.6. The fraction of sp³-hybridized carbons (Fsp3) is 0.571. The third kappa shape index (κ3) is 3.46. The molecule has 1 aliphatic rings. The fourth-order valence-corrected chi connectivity index (χ4v) is 2.13. The van der Waals surface area contributed by atoms with Crippen LogP contribution in [-0.4, -0.2) is 50.5 Å². The maximum atomic E-state index is 12.2. The van der Waals surface area contributed by atoms with Gasteiger partial charge in [-0.1, -0.05) is 0 Å². The number of ether oxygens (including phenoxy) is 2. The zero-order valence-electron chi connectivity index (χ0n) is 12.2. The Balaban J connectivity index is 1.92. The Morgan fingerprint density at radius 2 is 2.15 bits per heavy atom.